The third kappa shape index (κ3) is 5.00. The average molecular weight is 308 g/mol. The van der Waals surface area contributed by atoms with Crippen molar-refractivity contribution in [2.75, 3.05) is 27.2 Å². The number of nitrogens with zero attached hydrogens (tertiary/aromatic N) is 2. The van der Waals surface area contributed by atoms with Gasteiger partial charge in [-0.3, -0.25) is 9.89 Å². The Morgan fingerprint density at radius 2 is 2.10 bits per heavy atom. The number of thiophene rings is 1. The zero-order chi connectivity index (χ0) is 15.2. The predicted octanol–water partition coefficient (Wildman–Crippen LogP) is 2.50. The fourth-order valence-electron chi connectivity index (χ4n) is 2.37. The molecule has 0 saturated heterocycles. The van der Waals surface area contributed by atoms with Gasteiger partial charge < -0.3 is 10.6 Å². The van der Waals surface area contributed by atoms with Gasteiger partial charge in [0.15, 0.2) is 5.96 Å². The molecule has 2 unspecified atom stereocenters. The summed E-state index contributed by atoms with van der Waals surface area (Å²) in [4.78, 5) is 6.78. The van der Waals surface area contributed by atoms with Crippen molar-refractivity contribution < 1.29 is 0 Å². The van der Waals surface area contributed by atoms with Crippen molar-refractivity contribution in [3.63, 3.8) is 0 Å². The van der Waals surface area contributed by atoms with Crippen LogP contribution in [0.1, 0.15) is 38.2 Å². The summed E-state index contributed by atoms with van der Waals surface area (Å²) >= 11 is 1.75. The van der Waals surface area contributed by atoms with E-state index in [0.717, 1.165) is 25.1 Å². The lowest BCUT2D eigenvalue weighted by atomic mass is 10.1. The molecule has 2 N–H and O–H groups in total. The normalized spacial score (nSPS) is 18.6. The van der Waals surface area contributed by atoms with E-state index in [9.17, 15) is 0 Å². The van der Waals surface area contributed by atoms with Crippen molar-refractivity contribution in [2.45, 2.75) is 44.7 Å². The fraction of sp³-hybridized carbons (Fsp3) is 0.688. The van der Waals surface area contributed by atoms with Gasteiger partial charge in [-0.15, -0.1) is 0 Å². The van der Waals surface area contributed by atoms with Gasteiger partial charge >= 0.3 is 0 Å². The highest BCUT2D eigenvalue weighted by Gasteiger charge is 2.28. The van der Waals surface area contributed by atoms with Gasteiger partial charge in [-0.2, -0.15) is 11.3 Å². The van der Waals surface area contributed by atoms with E-state index in [1.807, 2.05) is 7.05 Å². The van der Waals surface area contributed by atoms with Crippen LogP contribution in [0.3, 0.4) is 0 Å². The van der Waals surface area contributed by atoms with Crippen molar-refractivity contribution >= 4 is 17.3 Å². The quantitative estimate of drug-likeness (QED) is 0.600. The van der Waals surface area contributed by atoms with Crippen molar-refractivity contribution in [3.8, 4) is 0 Å². The Labute approximate surface area is 132 Å². The number of guanidine groups is 1. The summed E-state index contributed by atoms with van der Waals surface area (Å²) in [5.41, 5.74) is 1.39. The van der Waals surface area contributed by atoms with E-state index in [2.05, 4.69) is 58.2 Å². The van der Waals surface area contributed by atoms with E-state index in [0.29, 0.717) is 12.0 Å². The van der Waals surface area contributed by atoms with Gasteiger partial charge in [0.2, 0.25) is 0 Å². The zero-order valence-corrected chi connectivity index (χ0v) is 14.4. The van der Waals surface area contributed by atoms with Crippen molar-refractivity contribution in [1.82, 2.24) is 15.5 Å². The van der Waals surface area contributed by atoms with Crippen LogP contribution >= 0.6 is 11.3 Å². The maximum atomic E-state index is 4.31. The zero-order valence-electron chi connectivity index (χ0n) is 13.6. The van der Waals surface area contributed by atoms with Crippen LogP contribution in [0.25, 0.3) is 0 Å². The van der Waals surface area contributed by atoms with Crippen LogP contribution in [0.5, 0.6) is 0 Å². The van der Waals surface area contributed by atoms with Gasteiger partial charge in [0, 0.05) is 32.2 Å². The second kappa shape index (κ2) is 7.80. The molecule has 2 rings (SSSR count). The van der Waals surface area contributed by atoms with Gasteiger partial charge in [0.25, 0.3) is 0 Å². The van der Waals surface area contributed by atoms with E-state index in [4.69, 9.17) is 0 Å². The summed E-state index contributed by atoms with van der Waals surface area (Å²) in [6.07, 6.45) is 2.71. The molecule has 0 aromatic carbocycles. The number of hydrogen-bond donors (Lipinski definition) is 2. The molecule has 1 aliphatic carbocycles. The molecule has 1 heterocycles. The highest BCUT2D eigenvalue weighted by Crippen LogP contribution is 2.26. The molecule has 1 saturated carbocycles. The summed E-state index contributed by atoms with van der Waals surface area (Å²) in [7, 11) is 4.05. The molecule has 21 heavy (non-hydrogen) atoms. The topological polar surface area (TPSA) is 39.7 Å². The molecule has 118 valence electrons. The van der Waals surface area contributed by atoms with Crippen LogP contribution in [0, 0.1) is 0 Å². The molecule has 2 atom stereocenters. The van der Waals surface area contributed by atoms with E-state index in [-0.39, 0.29) is 0 Å². The molecular formula is C16H28N4S. The Balaban J connectivity index is 1.70. The Morgan fingerprint density at radius 3 is 2.67 bits per heavy atom. The standard InChI is InChI=1S/C16H28N4S/c1-12(14-7-8-21-11-14)9-18-16(17-3)19-10-13(2)20(4)15-5-6-15/h7-8,11-13,15H,5-6,9-10H2,1-4H3,(H2,17,18,19). The number of rotatable bonds is 7. The third-order valence-electron chi connectivity index (χ3n) is 4.29. The number of nitrogens with one attached hydrogen (secondary N) is 2. The molecule has 5 heteroatoms. The SMILES string of the molecule is CN=C(NCC(C)c1ccsc1)NCC(C)N(C)C1CC1. The summed E-state index contributed by atoms with van der Waals surface area (Å²) in [6.45, 7) is 6.35. The number of likely N-dealkylation sites (N-methyl/N-ethyl adjacent to an activating group) is 1. The summed E-state index contributed by atoms with van der Waals surface area (Å²) in [6, 6.07) is 3.53. The van der Waals surface area contributed by atoms with Crippen LogP contribution in [0.15, 0.2) is 21.8 Å². The van der Waals surface area contributed by atoms with E-state index in [1.54, 1.807) is 11.3 Å². The molecule has 0 aliphatic heterocycles. The smallest absolute Gasteiger partial charge is 0.191 e. The van der Waals surface area contributed by atoms with E-state index < -0.39 is 0 Å². The minimum atomic E-state index is 0.501. The lowest BCUT2D eigenvalue weighted by Crippen LogP contribution is -2.46. The van der Waals surface area contributed by atoms with Crippen molar-refractivity contribution in [2.24, 2.45) is 4.99 Å². The van der Waals surface area contributed by atoms with Crippen LogP contribution in [0.2, 0.25) is 0 Å². The van der Waals surface area contributed by atoms with Crippen LogP contribution < -0.4 is 10.6 Å². The summed E-state index contributed by atoms with van der Waals surface area (Å²) in [5, 5.41) is 11.2. The fourth-order valence-corrected chi connectivity index (χ4v) is 3.16. The predicted molar refractivity (Wildman–Crippen MR) is 92.3 cm³/mol. The maximum Gasteiger partial charge on any atom is 0.191 e. The monoisotopic (exact) mass is 308 g/mol. The molecule has 1 aliphatic rings. The highest BCUT2D eigenvalue weighted by molar-refractivity contribution is 7.07. The maximum absolute atomic E-state index is 4.31. The first-order chi connectivity index (χ1) is 10.1. The first kappa shape index (κ1) is 16.3. The highest BCUT2D eigenvalue weighted by atomic mass is 32.1. The van der Waals surface area contributed by atoms with Crippen molar-refractivity contribution in [3.05, 3.63) is 22.4 Å². The molecular weight excluding hydrogens is 280 g/mol. The van der Waals surface area contributed by atoms with Gasteiger partial charge in [-0.1, -0.05) is 6.92 Å². The molecule has 4 nitrogen and oxygen atoms in total. The Hall–Kier alpha value is -1.07. The lowest BCUT2D eigenvalue weighted by molar-refractivity contribution is 0.247. The second-order valence-electron chi connectivity index (χ2n) is 6.04. The van der Waals surface area contributed by atoms with Crippen LogP contribution in [-0.2, 0) is 0 Å². The Kier molecular flexibility index (Phi) is 6.06. The molecule has 0 spiro atoms. The second-order valence-corrected chi connectivity index (χ2v) is 6.82. The lowest BCUT2D eigenvalue weighted by Gasteiger charge is -2.25. The first-order valence-corrected chi connectivity index (χ1v) is 8.74. The van der Waals surface area contributed by atoms with Crippen molar-refractivity contribution in [1.29, 1.82) is 0 Å². The third-order valence-corrected chi connectivity index (χ3v) is 5.00. The minimum Gasteiger partial charge on any atom is -0.356 e. The molecule has 1 aromatic heterocycles. The van der Waals surface area contributed by atoms with Crippen LogP contribution in [0.4, 0.5) is 0 Å². The molecule has 1 aromatic rings. The van der Waals surface area contributed by atoms with Gasteiger partial charge in [0.1, 0.15) is 0 Å². The summed E-state index contributed by atoms with van der Waals surface area (Å²) in [5.74, 6) is 1.40. The van der Waals surface area contributed by atoms with Gasteiger partial charge in [-0.05, 0) is 55.1 Å². The van der Waals surface area contributed by atoms with Gasteiger partial charge in [-0.25, -0.2) is 0 Å². The Bertz CT molecular complexity index is 439. The van der Waals surface area contributed by atoms with E-state index in [1.165, 1.54) is 18.4 Å². The number of aliphatic imine (C=N–C) groups is 1. The molecule has 0 amide bonds. The van der Waals surface area contributed by atoms with Gasteiger partial charge in [0.05, 0.1) is 0 Å². The van der Waals surface area contributed by atoms with E-state index >= 15 is 0 Å². The largest absolute Gasteiger partial charge is 0.356 e. The number of hydrogen-bond acceptors (Lipinski definition) is 3. The summed E-state index contributed by atoms with van der Waals surface area (Å²) < 4.78 is 0. The first-order valence-electron chi connectivity index (χ1n) is 7.80. The minimum absolute atomic E-state index is 0.501. The molecule has 0 radical (unpaired) electrons. The molecule has 0 bridgehead atoms. The Morgan fingerprint density at radius 1 is 1.38 bits per heavy atom. The van der Waals surface area contributed by atoms with Crippen LogP contribution in [-0.4, -0.2) is 50.1 Å². The molecule has 1 fully saturated rings. The average Bonchev–Trinajstić information content (AvgIpc) is 3.20.